The van der Waals surface area contributed by atoms with Crippen LogP contribution in [0.15, 0.2) is 29.6 Å². The average Bonchev–Trinajstić information content (AvgIpc) is 3.32. The Hall–Kier alpha value is -3.07. The molecule has 4 amide bonds. The first kappa shape index (κ1) is 18.9. The number of hydrogen-bond acceptors (Lipinski definition) is 6. The summed E-state index contributed by atoms with van der Waals surface area (Å²) >= 11 is 1.59. The maximum absolute atomic E-state index is 13.4. The molecule has 3 aliphatic rings. The van der Waals surface area contributed by atoms with Gasteiger partial charge in [-0.25, -0.2) is 9.69 Å². The van der Waals surface area contributed by atoms with Gasteiger partial charge in [-0.3, -0.25) is 9.59 Å². The molecule has 1 fully saturated rings. The number of nitrogens with zero attached hydrogens (tertiary/aromatic N) is 1. The zero-order valence-electron chi connectivity index (χ0n) is 16.4. The van der Waals surface area contributed by atoms with Gasteiger partial charge in [-0.1, -0.05) is 0 Å². The number of anilines is 1. The lowest BCUT2D eigenvalue weighted by Gasteiger charge is -2.31. The van der Waals surface area contributed by atoms with E-state index < -0.39 is 23.5 Å². The molecule has 0 saturated carbocycles. The van der Waals surface area contributed by atoms with Gasteiger partial charge in [-0.2, -0.15) is 0 Å². The summed E-state index contributed by atoms with van der Waals surface area (Å²) in [5, 5.41) is 7.59. The van der Waals surface area contributed by atoms with Gasteiger partial charge in [-0.15, -0.1) is 11.3 Å². The second kappa shape index (κ2) is 7.02. The predicted octanol–water partition coefficient (Wildman–Crippen LogP) is 2.63. The molecule has 30 heavy (non-hydrogen) atoms. The molecule has 5 rings (SSSR count). The minimum atomic E-state index is -1.06. The van der Waals surface area contributed by atoms with Crippen LogP contribution in [-0.4, -0.2) is 42.0 Å². The van der Waals surface area contributed by atoms with Gasteiger partial charge < -0.3 is 20.1 Å². The number of amides is 4. The summed E-state index contributed by atoms with van der Waals surface area (Å²) in [4.78, 5) is 41.2. The van der Waals surface area contributed by atoms with Crippen LogP contribution in [0.4, 0.5) is 10.5 Å². The third-order valence-electron chi connectivity index (χ3n) is 5.86. The van der Waals surface area contributed by atoms with Crippen LogP contribution in [0.5, 0.6) is 11.5 Å². The number of carbonyl (C=O) groups excluding carboxylic acids is 3. The first-order valence-electron chi connectivity index (χ1n) is 9.93. The third-order valence-corrected chi connectivity index (χ3v) is 6.84. The Morgan fingerprint density at radius 3 is 2.87 bits per heavy atom. The Kier molecular flexibility index (Phi) is 4.43. The number of rotatable bonds is 3. The molecule has 0 unspecified atom stereocenters. The Morgan fingerprint density at radius 1 is 1.23 bits per heavy atom. The molecule has 2 aliphatic heterocycles. The molecular formula is C21H21N3O5S. The first-order chi connectivity index (χ1) is 14.5. The number of carbonyl (C=O) groups is 3. The molecule has 2 atom stereocenters. The van der Waals surface area contributed by atoms with Gasteiger partial charge >= 0.3 is 6.03 Å². The third kappa shape index (κ3) is 2.84. The van der Waals surface area contributed by atoms with Gasteiger partial charge in [0.1, 0.15) is 24.8 Å². The molecule has 1 saturated heterocycles. The lowest BCUT2D eigenvalue weighted by molar-refractivity contribution is -0.137. The lowest BCUT2D eigenvalue weighted by atomic mass is 9.80. The monoisotopic (exact) mass is 427 g/mol. The minimum Gasteiger partial charge on any atom is -0.486 e. The molecular weight excluding hydrogens is 406 g/mol. The Bertz CT molecular complexity index is 1050. The lowest BCUT2D eigenvalue weighted by Crippen LogP contribution is -2.49. The molecule has 1 aliphatic carbocycles. The Labute approximate surface area is 177 Å². The topological polar surface area (TPSA) is 97.0 Å². The van der Waals surface area contributed by atoms with Crippen molar-refractivity contribution in [1.29, 1.82) is 0 Å². The van der Waals surface area contributed by atoms with Crippen LogP contribution >= 0.6 is 11.3 Å². The second-order valence-corrected chi connectivity index (χ2v) is 8.65. The van der Waals surface area contributed by atoms with Crippen molar-refractivity contribution >= 4 is 34.9 Å². The van der Waals surface area contributed by atoms with E-state index in [1.165, 1.54) is 0 Å². The van der Waals surface area contributed by atoms with Crippen molar-refractivity contribution < 1.29 is 23.9 Å². The van der Waals surface area contributed by atoms with Crippen LogP contribution < -0.4 is 20.1 Å². The number of fused-ring (bicyclic) bond motifs is 3. The Morgan fingerprint density at radius 2 is 2.03 bits per heavy atom. The zero-order valence-corrected chi connectivity index (χ0v) is 17.2. The van der Waals surface area contributed by atoms with E-state index in [9.17, 15) is 14.4 Å². The quantitative estimate of drug-likeness (QED) is 0.734. The van der Waals surface area contributed by atoms with Crippen molar-refractivity contribution in [1.82, 2.24) is 10.2 Å². The number of ether oxygens (including phenoxy) is 2. The van der Waals surface area contributed by atoms with Crippen molar-refractivity contribution in [3.05, 3.63) is 40.1 Å². The summed E-state index contributed by atoms with van der Waals surface area (Å²) in [7, 11) is 0. The van der Waals surface area contributed by atoms with Crippen molar-refractivity contribution in [2.75, 3.05) is 18.5 Å². The fourth-order valence-electron chi connectivity index (χ4n) is 4.35. The summed E-state index contributed by atoms with van der Waals surface area (Å²) in [5.74, 6) is 0.352. The number of aryl methyl sites for hydroxylation is 1. The summed E-state index contributed by atoms with van der Waals surface area (Å²) in [6.45, 7) is 2.48. The SMILES string of the molecule is C[C@H](C(=O)Nc1ccc2c(c1)OCCO2)N1C(=O)N[C@@]2(CCCc3sccc32)C1=O. The summed E-state index contributed by atoms with van der Waals surface area (Å²) in [5.41, 5.74) is 0.311. The molecule has 0 bridgehead atoms. The van der Waals surface area contributed by atoms with Gasteiger partial charge in [0.2, 0.25) is 5.91 Å². The van der Waals surface area contributed by atoms with Gasteiger partial charge in [0, 0.05) is 22.2 Å². The van der Waals surface area contributed by atoms with Gasteiger partial charge in [0.15, 0.2) is 11.5 Å². The molecule has 1 aromatic carbocycles. The normalized spacial score (nSPS) is 23.2. The van der Waals surface area contributed by atoms with Crippen molar-refractivity contribution in [2.45, 2.75) is 37.8 Å². The minimum absolute atomic E-state index is 0.364. The largest absolute Gasteiger partial charge is 0.486 e. The van der Waals surface area contributed by atoms with Crippen LogP contribution in [0.2, 0.25) is 0 Å². The highest BCUT2D eigenvalue weighted by Gasteiger charge is 2.56. The maximum atomic E-state index is 13.4. The number of urea groups is 1. The molecule has 1 spiro atoms. The van der Waals surface area contributed by atoms with Gasteiger partial charge in [0.05, 0.1) is 0 Å². The van der Waals surface area contributed by atoms with E-state index in [4.69, 9.17) is 9.47 Å². The number of benzene rings is 1. The van der Waals surface area contributed by atoms with E-state index in [0.29, 0.717) is 36.8 Å². The molecule has 8 nitrogen and oxygen atoms in total. The van der Waals surface area contributed by atoms with Crippen LogP contribution in [0.1, 0.15) is 30.2 Å². The molecule has 0 radical (unpaired) electrons. The maximum Gasteiger partial charge on any atom is 0.326 e. The summed E-state index contributed by atoms with van der Waals surface area (Å²) in [6.07, 6.45) is 2.25. The first-order valence-corrected chi connectivity index (χ1v) is 10.8. The molecule has 156 valence electrons. The highest BCUT2D eigenvalue weighted by Crippen LogP contribution is 2.42. The highest BCUT2D eigenvalue weighted by molar-refractivity contribution is 7.10. The Balaban J connectivity index is 1.36. The van der Waals surface area contributed by atoms with E-state index >= 15 is 0 Å². The van der Waals surface area contributed by atoms with Gasteiger partial charge in [-0.05, 0) is 49.8 Å². The molecule has 3 heterocycles. The fourth-order valence-corrected chi connectivity index (χ4v) is 5.35. The highest BCUT2D eigenvalue weighted by atomic mass is 32.1. The molecule has 2 N–H and O–H groups in total. The molecule has 1 aromatic heterocycles. The molecule has 2 aromatic rings. The number of thiophene rings is 1. The van der Waals surface area contributed by atoms with Crippen LogP contribution in [0, 0.1) is 0 Å². The van der Waals surface area contributed by atoms with E-state index in [1.54, 1.807) is 36.5 Å². The van der Waals surface area contributed by atoms with Crippen LogP contribution in [-0.2, 0) is 21.5 Å². The summed E-state index contributed by atoms with van der Waals surface area (Å²) in [6, 6.07) is 5.49. The van der Waals surface area contributed by atoms with Crippen molar-refractivity contribution in [2.24, 2.45) is 0 Å². The fraction of sp³-hybridized carbons (Fsp3) is 0.381. The predicted molar refractivity (Wildman–Crippen MR) is 110 cm³/mol. The van der Waals surface area contributed by atoms with Crippen LogP contribution in [0.25, 0.3) is 0 Å². The van der Waals surface area contributed by atoms with E-state index in [1.807, 2.05) is 11.4 Å². The number of nitrogens with one attached hydrogen (secondary N) is 2. The smallest absolute Gasteiger partial charge is 0.326 e. The van der Waals surface area contributed by atoms with E-state index in [2.05, 4.69) is 10.6 Å². The van der Waals surface area contributed by atoms with Crippen LogP contribution in [0.3, 0.4) is 0 Å². The van der Waals surface area contributed by atoms with E-state index in [-0.39, 0.29) is 5.91 Å². The number of hydrogen-bond donors (Lipinski definition) is 2. The number of imide groups is 1. The van der Waals surface area contributed by atoms with Crippen molar-refractivity contribution in [3.63, 3.8) is 0 Å². The van der Waals surface area contributed by atoms with E-state index in [0.717, 1.165) is 28.2 Å². The average molecular weight is 427 g/mol. The molecule has 9 heteroatoms. The summed E-state index contributed by atoms with van der Waals surface area (Å²) < 4.78 is 11.0. The second-order valence-electron chi connectivity index (χ2n) is 7.65. The van der Waals surface area contributed by atoms with Crippen molar-refractivity contribution in [3.8, 4) is 11.5 Å². The standard InChI is InChI=1S/C21H21N3O5S/c1-12(18(25)22-13-4-5-15-16(11-13)29-9-8-28-15)24-19(26)21(23-20(24)27)7-2-3-17-14(21)6-10-30-17/h4-6,10-12H,2-3,7-9H2,1H3,(H,22,25)(H,23,27)/t12-,21-/m1/s1. The van der Waals surface area contributed by atoms with Gasteiger partial charge in [0.25, 0.3) is 5.91 Å². The zero-order chi connectivity index (χ0) is 20.9.